The molecule has 0 atom stereocenters. The molecule has 0 aliphatic heterocycles. The molecule has 26 heavy (non-hydrogen) atoms. The van der Waals surface area contributed by atoms with E-state index in [9.17, 15) is 26.4 Å². The molecule has 1 aromatic heterocycles. The van der Waals surface area contributed by atoms with Crippen LogP contribution in [0.4, 0.5) is 13.2 Å². The molecule has 0 saturated carbocycles. The Hall–Kier alpha value is -2.62. The van der Waals surface area contributed by atoms with E-state index in [2.05, 4.69) is 10.3 Å². The number of alkyl halides is 3. The summed E-state index contributed by atoms with van der Waals surface area (Å²) in [6.07, 6.45) is 1.26. The van der Waals surface area contributed by atoms with E-state index in [0.29, 0.717) is 12.2 Å². The highest BCUT2D eigenvalue weighted by Crippen LogP contribution is 2.30. The zero-order valence-electron chi connectivity index (χ0n) is 13.4. The van der Waals surface area contributed by atoms with Crippen LogP contribution in [0.25, 0.3) is 0 Å². The van der Waals surface area contributed by atoms with E-state index in [1.807, 2.05) is 6.07 Å². The molecule has 0 saturated heterocycles. The number of carbonyl (C=O) groups is 1. The maximum absolute atomic E-state index is 12.7. The number of nitrogens with zero attached hydrogens (tertiary/aromatic N) is 1. The van der Waals surface area contributed by atoms with Crippen LogP contribution < -0.4 is 10.1 Å². The van der Waals surface area contributed by atoms with Gasteiger partial charge in [-0.3, -0.25) is 4.79 Å². The van der Waals surface area contributed by atoms with Gasteiger partial charge in [-0.15, -0.1) is 0 Å². The van der Waals surface area contributed by atoms with Crippen molar-refractivity contribution in [3.05, 3.63) is 54.2 Å². The average molecular weight is 388 g/mol. The van der Waals surface area contributed by atoms with Crippen molar-refractivity contribution in [2.75, 3.05) is 13.2 Å². The first-order chi connectivity index (χ1) is 12.2. The molecule has 2 aromatic rings. The number of carbonyl (C=O) groups excluding carboxylic acids is 1. The fourth-order valence-corrected chi connectivity index (χ4v) is 2.83. The quantitative estimate of drug-likeness (QED) is 0.737. The SMILES string of the molecule is O=C(NCCCOc1ccccc1)c1cccnc1S(=O)(=O)C(F)(F)F. The van der Waals surface area contributed by atoms with Gasteiger partial charge in [0, 0.05) is 12.7 Å². The predicted octanol–water partition coefficient (Wildman–Crippen LogP) is 2.57. The van der Waals surface area contributed by atoms with Gasteiger partial charge < -0.3 is 10.1 Å². The van der Waals surface area contributed by atoms with Crippen LogP contribution in [-0.2, 0) is 9.84 Å². The minimum atomic E-state index is -5.72. The van der Waals surface area contributed by atoms with Crippen LogP contribution in [0.15, 0.2) is 53.7 Å². The molecule has 10 heteroatoms. The Bertz CT molecular complexity index is 855. The second-order valence-electron chi connectivity index (χ2n) is 5.08. The number of hydrogen-bond donors (Lipinski definition) is 1. The van der Waals surface area contributed by atoms with Gasteiger partial charge in [0.25, 0.3) is 15.7 Å². The van der Waals surface area contributed by atoms with Gasteiger partial charge in [-0.1, -0.05) is 18.2 Å². The van der Waals surface area contributed by atoms with E-state index >= 15 is 0 Å². The molecule has 0 aliphatic rings. The first-order valence-electron chi connectivity index (χ1n) is 7.46. The smallest absolute Gasteiger partial charge is 0.494 e. The van der Waals surface area contributed by atoms with Crippen molar-refractivity contribution >= 4 is 15.7 Å². The Morgan fingerprint density at radius 3 is 2.46 bits per heavy atom. The number of rotatable bonds is 7. The molecule has 6 nitrogen and oxygen atoms in total. The van der Waals surface area contributed by atoms with Gasteiger partial charge in [0.1, 0.15) is 5.75 Å². The molecule has 1 heterocycles. The summed E-state index contributed by atoms with van der Waals surface area (Å²) in [4.78, 5) is 15.3. The summed E-state index contributed by atoms with van der Waals surface area (Å²) in [6.45, 7) is 0.358. The van der Waals surface area contributed by atoms with Crippen LogP contribution in [-0.4, -0.2) is 38.0 Å². The Morgan fingerprint density at radius 2 is 1.81 bits per heavy atom. The molecule has 0 radical (unpaired) electrons. The molecule has 0 spiro atoms. The van der Waals surface area contributed by atoms with Gasteiger partial charge in [0.15, 0.2) is 5.03 Å². The number of nitrogens with one attached hydrogen (secondary N) is 1. The lowest BCUT2D eigenvalue weighted by atomic mass is 10.2. The van der Waals surface area contributed by atoms with Crippen molar-refractivity contribution in [1.82, 2.24) is 10.3 Å². The number of sulfone groups is 1. The highest BCUT2D eigenvalue weighted by atomic mass is 32.2. The molecule has 1 amide bonds. The predicted molar refractivity (Wildman–Crippen MR) is 86.4 cm³/mol. The molecule has 1 aromatic carbocycles. The second-order valence-corrected chi connectivity index (χ2v) is 6.93. The molecule has 0 fully saturated rings. The third-order valence-corrected chi connectivity index (χ3v) is 4.64. The Morgan fingerprint density at radius 1 is 1.12 bits per heavy atom. The number of hydrogen-bond acceptors (Lipinski definition) is 5. The van der Waals surface area contributed by atoms with Gasteiger partial charge in [0.05, 0.1) is 12.2 Å². The minimum absolute atomic E-state index is 0.0894. The minimum Gasteiger partial charge on any atom is -0.494 e. The zero-order valence-corrected chi connectivity index (χ0v) is 14.2. The summed E-state index contributed by atoms with van der Waals surface area (Å²) in [5.41, 5.74) is -6.20. The molecular formula is C16H15F3N2O4S. The lowest BCUT2D eigenvalue weighted by molar-refractivity contribution is -0.0438. The van der Waals surface area contributed by atoms with E-state index in [4.69, 9.17) is 4.74 Å². The molecule has 0 bridgehead atoms. The van der Waals surface area contributed by atoms with Crippen molar-refractivity contribution in [2.24, 2.45) is 0 Å². The van der Waals surface area contributed by atoms with Crippen LogP contribution in [0, 0.1) is 0 Å². The largest absolute Gasteiger partial charge is 0.503 e. The van der Waals surface area contributed by atoms with Crippen molar-refractivity contribution < 1.29 is 31.1 Å². The lowest BCUT2D eigenvalue weighted by Crippen LogP contribution is -2.31. The summed E-state index contributed by atoms with van der Waals surface area (Å²) >= 11 is 0. The highest BCUT2D eigenvalue weighted by molar-refractivity contribution is 7.92. The Kier molecular flexibility index (Phi) is 6.19. The summed E-state index contributed by atoms with van der Waals surface area (Å²) in [7, 11) is -5.72. The number of halogens is 3. The van der Waals surface area contributed by atoms with Gasteiger partial charge in [-0.25, -0.2) is 13.4 Å². The zero-order chi connectivity index (χ0) is 19.2. The third kappa shape index (κ3) is 4.72. The summed E-state index contributed by atoms with van der Waals surface area (Å²) in [6, 6.07) is 11.1. The molecule has 0 aliphatic carbocycles. The summed E-state index contributed by atoms with van der Waals surface area (Å²) in [5, 5.41) is 1.04. The average Bonchev–Trinajstić information content (AvgIpc) is 2.61. The van der Waals surface area contributed by atoms with Crippen molar-refractivity contribution in [3.8, 4) is 5.75 Å². The van der Waals surface area contributed by atoms with E-state index in [1.54, 1.807) is 24.3 Å². The van der Waals surface area contributed by atoms with Crippen molar-refractivity contribution in [3.63, 3.8) is 0 Å². The fourth-order valence-electron chi connectivity index (χ4n) is 1.96. The number of pyridine rings is 1. The fraction of sp³-hybridized carbons (Fsp3) is 0.250. The summed E-state index contributed by atoms with van der Waals surface area (Å²) < 4.78 is 66.6. The van der Waals surface area contributed by atoms with E-state index < -0.39 is 31.8 Å². The molecular weight excluding hydrogens is 373 g/mol. The van der Waals surface area contributed by atoms with Crippen molar-refractivity contribution in [2.45, 2.75) is 17.0 Å². The topological polar surface area (TPSA) is 85.4 Å². The lowest BCUT2D eigenvalue weighted by Gasteiger charge is -2.12. The maximum atomic E-state index is 12.7. The van der Waals surface area contributed by atoms with Crippen LogP contribution in [0.2, 0.25) is 0 Å². The molecule has 1 N–H and O–H groups in total. The van der Waals surface area contributed by atoms with Gasteiger partial charge in [-0.05, 0) is 30.7 Å². The number of benzene rings is 1. The number of para-hydroxylation sites is 1. The van der Waals surface area contributed by atoms with Crippen LogP contribution in [0.3, 0.4) is 0 Å². The summed E-state index contributed by atoms with van der Waals surface area (Å²) in [5.74, 6) is -0.315. The Balaban J connectivity index is 1.96. The number of aromatic nitrogens is 1. The standard InChI is InChI=1S/C16H15F3N2O4S/c17-16(18,19)26(23,24)15-13(8-4-9-21-15)14(22)20-10-5-11-25-12-6-2-1-3-7-12/h1-4,6-9H,5,10-11H2,(H,20,22). The van der Waals surface area contributed by atoms with Gasteiger partial charge in [0.2, 0.25) is 0 Å². The van der Waals surface area contributed by atoms with Crippen LogP contribution in [0.1, 0.15) is 16.8 Å². The Labute approximate surface area is 147 Å². The van der Waals surface area contributed by atoms with Crippen molar-refractivity contribution in [1.29, 1.82) is 0 Å². The van der Waals surface area contributed by atoms with Gasteiger partial charge >= 0.3 is 5.51 Å². The normalized spacial score (nSPS) is 11.8. The van der Waals surface area contributed by atoms with E-state index in [1.165, 1.54) is 6.07 Å². The van der Waals surface area contributed by atoms with Crippen LogP contribution in [0.5, 0.6) is 5.75 Å². The monoisotopic (exact) mass is 388 g/mol. The molecule has 0 unspecified atom stereocenters. The first-order valence-corrected chi connectivity index (χ1v) is 8.94. The van der Waals surface area contributed by atoms with E-state index in [-0.39, 0.29) is 13.2 Å². The molecule has 140 valence electrons. The van der Waals surface area contributed by atoms with E-state index in [0.717, 1.165) is 12.3 Å². The van der Waals surface area contributed by atoms with Gasteiger partial charge in [-0.2, -0.15) is 13.2 Å². The second kappa shape index (κ2) is 8.17. The first kappa shape index (κ1) is 19.7. The van der Waals surface area contributed by atoms with Crippen LogP contribution >= 0.6 is 0 Å². The third-order valence-electron chi connectivity index (χ3n) is 3.19. The number of amides is 1. The maximum Gasteiger partial charge on any atom is 0.503 e. The highest BCUT2D eigenvalue weighted by Gasteiger charge is 2.49. The number of ether oxygens (including phenoxy) is 1. The molecule has 2 rings (SSSR count).